The highest BCUT2D eigenvalue weighted by atomic mass is 32.1. The molecule has 0 rings (SSSR count). The van der Waals surface area contributed by atoms with Crippen LogP contribution in [0.4, 0.5) is 0 Å². The molecule has 0 N–H and O–H groups in total. The van der Waals surface area contributed by atoms with E-state index >= 15 is 0 Å². The fraction of sp³-hybridized carbons (Fsp3) is 0.857. The summed E-state index contributed by atoms with van der Waals surface area (Å²) in [6, 6.07) is 0. The van der Waals surface area contributed by atoms with Gasteiger partial charge in [-0.25, -0.2) is 0 Å². The van der Waals surface area contributed by atoms with Crippen LogP contribution in [-0.2, 0) is 9.53 Å². The van der Waals surface area contributed by atoms with Crippen molar-refractivity contribution in [1.82, 2.24) is 0 Å². The summed E-state index contributed by atoms with van der Waals surface area (Å²) in [6.07, 6.45) is 0. The number of hydrogen-bond acceptors (Lipinski definition) is 3. The maximum absolute atomic E-state index is 10.9. The monoisotopic (exact) mass is 162 g/mol. The molecule has 0 bridgehead atoms. The largest absolute Gasteiger partial charge is 0.469 e. The lowest BCUT2D eigenvalue weighted by atomic mass is 9.98. The van der Waals surface area contributed by atoms with Gasteiger partial charge in [-0.1, -0.05) is 13.8 Å². The number of ether oxygens (including phenoxy) is 1. The fourth-order valence-electron chi connectivity index (χ4n) is 0.709. The second-order valence-electron chi connectivity index (χ2n) is 2.56. The zero-order valence-corrected chi connectivity index (χ0v) is 7.52. The van der Waals surface area contributed by atoms with Gasteiger partial charge in [-0.2, -0.15) is 12.6 Å². The molecular weight excluding hydrogens is 148 g/mol. The van der Waals surface area contributed by atoms with Crippen molar-refractivity contribution in [2.24, 2.45) is 11.8 Å². The molecule has 0 saturated heterocycles. The Bertz CT molecular complexity index is 112. The van der Waals surface area contributed by atoms with E-state index in [9.17, 15) is 4.79 Å². The van der Waals surface area contributed by atoms with Gasteiger partial charge < -0.3 is 4.74 Å². The van der Waals surface area contributed by atoms with Gasteiger partial charge >= 0.3 is 5.97 Å². The molecule has 0 aromatic rings. The molecule has 10 heavy (non-hydrogen) atoms. The molecule has 1 unspecified atom stereocenters. The normalized spacial score (nSPS) is 13.3. The van der Waals surface area contributed by atoms with Crippen LogP contribution in [0.25, 0.3) is 0 Å². The van der Waals surface area contributed by atoms with E-state index in [1.807, 2.05) is 13.8 Å². The smallest absolute Gasteiger partial charge is 0.309 e. The van der Waals surface area contributed by atoms with Gasteiger partial charge in [0.25, 0.3) is 0 Å². The molecule has 3 heteroatoms. The highest BCUT2D eigenvalue weighted by Gasteiger charge is 2.20. The number of carbonyl (C=O) groups is 1. The number of esters is 1. The predicted octanol–water partition coefficient (Wildman–Crippen LogP) is 1.36. The lowest BCUT2D eigenvalue weighted by molar-refractivity contribution is -0.145. The lowest BCUT2D eigenvalue weighted by Gasteiger charge is -2.14. The summed E-state index contributed by atoms with van der Waals surface area (Å²) in [6.45, 7) is 3.97. The molecule has 2 nitrogen and oxygen atoms in total. The quantitative estimate of drug-likeness (QED) is 0.501. The van der Waals surface area contributed by atoms with Gasteiger partial charge in [0.15, 0.2) is 0 Å². The van der Waals surface area contributed by atoms with Crippen LogP contribution in [0, 0.1) is 11.8 Å². The van der Waals surface area contributed by atoms with Gasteiger partial charge in [-0.15, -0.1) is 0 Å². The van der Waals surface area contributed by atoms with Crippen LogP contribution >= 0.6 is 12.6 Å². The summed E-state index contributed by atoms with van der Waals surface area (Å²) in [5, 5.41) is 0. The molecule has 0 aliphatic heterocycles. The molecule has 0 aromatic carbocycles. The molecule has 0 heterocycles. The maximum atomic E-state index is 10.9. The first-order chi connectivity index (χ1) is 4.63. The van der Waals surface area contributed by atoms with Crippen molar-refractivity contribution in [2.45, 2.75) is 13.8 Å². The SMILES string of the molecule is COC(=O)C(CS)C(C)C. The molecule has 0 amide bonds. The Morgan fingerprint density at radius 2 is 2.10 bits per heavy atom. The molecular formula is C7H14O2S. The third-order valence-electron chi connectivity index (χ3n) is 1.51. The minimum Gasteiger partial charge on any atom is -0.469 e. The summed E-state index contributed by atoms with van der Waals surface area (Å²) >= 11 is 4.05. The van der Waals surface area contributed by atoms with Crippen molar-refractivity contribution < 1.29 is 9.53 Å². The molecule has 0 aliphatic carbocycles. The lowest BCUT2D eigenvalue weighted by Crippen LogP contribution is -2.22. The van der Waals surface area contributed by atoms with Crippen LogP contribution in [0.3, 0.4) is 0 Å². The number of methoxy groups -OCH3 is 1. The molecule has 1 atom stereocenters. The zero-order chi connectivity index (χ0) is 8.15. The highest BCUT2D eigenvalue weighted by molar-refractivity contribution is 7.80. The summed E-state index contributed by atoms with van der Waals surface area (Å²) in [5.41, 5.74) is 0. The molecule has 0 aromatic heterocycles. The second kappa shape index (κ2) is 4.61. The van der Waals surface area contributed by atoms with Gasteiger partial charge in [0.2, 0.25) is 0 Å². The van der Waals surface area contributed by atoms with Gasteiger partial charge in [-0.05, 0) is 5.92 Å². The Kier molecular flexibility index (Phi) is 4.52. The van der Waals surface area contributed by atoms with Gasteiger partial charge in [0, 0.05) is 5.75 Å². The van der Waals surface area contributed by atoms with Crippen molar-refractivity contribution in [1.29, 1.82) is 0 Å². The first kappa shape index (κ1) is 9.82. The van der Waals surface area contributed by atoms with E-state index < -0.39 is 0 Å². The predicted molar refractivity (Wildman–Crippen MR) is 44.2 cm³/mol. The third-order valence-corrected chi connectivity index (χ3v) is 1.90. The van der Waals surface area contributed by atoms with E-state index in [0.717, 1.165) is 0 Å². The Morgan fingerprint density at radius 3 is 2.20 bits per heavy atom. The minimum atomic E-state index is -0.162. The Balaban J connectivity index is 3.93. The average Bonchev–Trinajstić information content (AvgIpc) is 1.88. The topological polar surface area (TPSA) is 26.3 Å². The van der Waals surface area contributed by atoms with Crippen LogP contribution in [0.5, 0.6) is 0 Å². The number of hydrogen-bond donors (Lipinski definition) is 1. The van der Waals surface area contributed by atoms with E-state index in [1.165, 1.54) is 7.11 Å². The minimum absolute atomic E-state index is 0.0617. The summed E-state index contributed by atoms with van der Waals surface area (Å²) in [7, 11) is 1.40. The van der Waals surface area contributed by atoms with Crippen LogP contribution in [0.1, 0.15) is 13.8 Å². The fourth-order valence-corrected chi connectivity index (χ4v) is 1.28. The Morgan fingerprint density at radius 1 is 1.60 bits per heavy atom. The van der Waals surface area contributed by atoms with Gasteiger partial charge in [0.05, 0.1) is 13.0 Å². The molecule has 0 fully saturated rings. The first-order valence-electron chi connectivity index (χ1n) is 3.32. The summed E-state index contributed by atoms with van der Waals surface area (Å²) in [4.78, 5) is 10.9. The van der Waals surface area contributed by atoms with Crippen LogP contribution in [-0.4, -0.2) is 18.8 Å². The van der Waals surface area contributed by atoms with E-state index in [-0.39, 0.29) is 11.9 Å². The van der Waals surface area contributed by atoms with Crippen molar-refractivity contribution in [2.75, 3.05) is 12.9 Å². The Labute approximate surface area is 67.4 Å². The molecule has 0 saturated carbocycles. The first-order valence-corrected chi connectivity index (χ1v) is 3.95. The standard InChI is InChI=1S/C7H14O2S/c1-5(2)6(4-10)7(8)9-3/h5-6,10H,4H2,1-3H3. The van der Waals surface area contributed by atoms with Crippen LogP contribution < -0.4 is 0 Å². The third kappa shape index (κ3) is 2.60. The number of thiol groups is 1. The molecule has 0 radical (unpaired) electrons. The molecule has 0 spiro atoms. The number of rotatable bonds is 3. The molecule has 60 valence electrons. The summed E-state index contributed by atoms with van der Waals surface area (Å²) in [5.74, 6) is 0.646. The van der Waals surface area contributed by atoms with Crippen LogP contribution in [0.2, 0.25) is 0 Å². The zero-order valence-electron chi connectivity index (χ0n) is 6.63. The second-order valence-corrected chi connectivity index (χ2v) is 2.92. The number of carbonyl (C=O) groups excluding carboxylic acids is 1. The Hall–Kier alpha value is -0.180. The van der Waals surface area contributed by atoms with E-state index in [4.69, 9.17) is 0 Å². The summed E-state index contributed by atoms with van der Waals surface area (Å²) < 4.78 is 4.58. The highest BCUT2D eigenvalue weighted by Crippen LogP contribution is 2.13. The van der Waals surface area contributed by atoms with Crippen molar-refractivity contribution in [3.63, 3.8) is 0 Å². The van der Waals surface area contributed by atoms with Crippen LogP contribution in [0.15, 0.2) is 0 Å². The van der Waals surface area contributed by atoms with Crippen molar-refractivity contribution in [3.05, 3.63) is 0 Å². The van der Waals surface area contributed by atoms with Gasteiger partial charge in [-0.3, -0.25) is 4.79 Å². The van der Waals surface area contributed by atoms with Crippen molar-refractivity contribution >= 4 is 18.6 Å². The van der Waals surface area contributed by atoms with Crippen molar-refractivity contribution in [3.8, 4) is 0 Å². The average molecular weight is 162 g/mol. The molecule has 0 aliphatic rings. The van der Waals surface area contributed by atoms with E-state index in [2.05, 4.69) is 17.4 Å². The maximum Gasteiger partial charge on any atom is 0.309 e. The van der Waals surface area contributed by atoms with Gasteiger partial charge in [0.1, 0.15) is 0 Å². The van der Waals surface area contributed by atoms with E-state index in [0.29, 0.717) is 11.7 Å². The van der Waals surface area contributed by atoms with E-state index in [1.54, 1.807) is 0 Å².